The molecule has 0 fully saturated rings. The quantitative estimate of drug-likeness (QED) is 0.677. The number of hydrogen-bond donors (Lipinski definition) is 1. The Morgan fingerprint density at radius 2 is 2.17 bits per heavy atom. The van der Waals surface area contributed by atoms with Gasteiger partial charge in [0.1, 0.15) is 5.75 Å². The van der Waals surface area contributed by atoms with Crippen LogP contribution >= 0.6 is 0 Å². The second-order valence-electron chi connectivity index (χ2n) is 2.80. The van der Waals surface area contributed by atoms with E-state index in [0.29, 0.717) is 5.75 Å². The minimum absolute atomic E-state index is 0.347. The van der Waals surface area contributed by atoms with Crippen molar-refractivity contribution >= 4 is 0 Å². The number of aromatic hydroxyl groups is 1. The lowest BCUT2D eigenvalue weighted by Crippen LogP contribution is -1.89. The van der Waals surface area contributed by atoms with Crippen molar-refractivity contribution in [2.75, 3.05) is 0 Å². The molecule has 0 spiro atoms. The average molecular weight is 162 g/mol. The largest absolute Gasteiger partial charge is 0.508 e. The molecule has 0 aliphatic rings. The third-order valence-electron chi connectivity index (χ3n) is 1.94. The normalized spacial score (nSPS) is 9.75. The van der Waals surface area contributed by atoms with E-state index in [4.69, 9.17) is 0 Å². The zero-order chi connectivity index (χ0) is 8.97. The van der Waals surface area contributed by atoms with Crippen LogP contribution in [-0.4, -0.2) is 5.11 Å². The number of rotatable bonds is 3. The van der Waals surface area contributed by atoms with E-state index in [1.165, 1.54) is 11.1 Å². The molecule has 0 amide bonds. The van der Waals surface area contributed by atoms with E-state index < -0.39 is 0 Å². The molecule has 1 nitrogen and oxygen atoms in total. The molecule has 1 N–H and O–H groups in total. The SMILES string of the molecule is C=CCc1ccc(O)cc1CC. The first-order valence-electron chi connectivity index (χ1n) is 4.19. The fraction of sp³-hybridized carbons (Fsp3) is 0.273. The second-order valence-corrected chi connectivity index (χ2v) is 2.80. The molecule has 0 aliphatic carbocycles. The maximum absolute atomic E-state index is 9.21. The molecule has 1 aromatic rings. The van der Waals surface area contributed by atoms with Crippen molar-refractivity contribution in [2.45, 2.75) is 19.8 Å². The van der Waals surface area contributed by atoms with Gasteiger partial charge >= 0.3 is 0 Å². The molecular weight excluding hydrogens is 148 g/mol. The Labute approximate surface area is 73.4 Å². The van der Waals surface area contributed by atoms with Gasteiger partial charge in [0.25, 0.3) is 0 Å². The Balaban J connectivity index is 3.01. The molecule has 1 heteroatoms. The summed E-state index contributed by atoms with van der Waals surface area (Å²) >= 11 is 0. The van der Waals surface area contributed by atoms with Crippen molar-refractivity contribution in [1.29, 1.82) is 0 Å². The number of phenolic OH excluding ortho intramolecular Hbond substituents is 1. The zero-order valence-corrected chi connectivity index (χ0v) is 7.38. The third-order valence-corrected chi connectivity index (χ3v) is 1.94. The molecule has 0 heterocycles. The summed E-state index contributed by atoms with van der Waals surface area (Å²) in [7, 11) is 0. The van der Waals surface area contributed by atoms with Crippen LogP contribution in [-0.2, 0) is 12.8 Å². The van der Waals surface area contributed by atoms with E-state index in [2.05, 4.69) is 13.5 Å². The molecule has 0 bridgehead atoms. The Bertz CT molecular complexity index is 276. The van der Waals surface area contributed by atoms with Gasteiger partial charge in [0.05, 0.1) is 0 Å². The number of hydrogen-bond acceptors (Lipinski definition) is 1. The first-order chi connectivity index (χ1) is 5.77. The molecule has 0 aliphatic heterocycles. The summed E-state index contributed by atoms with van der Waals surface area (Å²) in [6.07, 6.45) is 3.71. The van der Waals surface area contributed by atoms with Crippen LogP contribution in [0.2, 0.25) is 0 Å². The van der Waals surface area contributed by atoms with Gasteiger partial charge in [-0.2, -0.15) is 0 Å². The van der Waals surface area contributed by atoms with Crippen LogP contribution < -0.4 is 0 Å². The highest BCUT2D eigenvalue weighted by atomic mass is 16.3. The predicted molar refractivity (Wildman–Crippen MR) is 51.4 cm³/mol. The number of phenols is 1. The lowest BCUT2D eigenvalue weighted by Gasteiger charge is -2.05. The van der Waals surface area contributed by atoms with Crippen LogP contribution in [0.4, 0.5) is 0 Å². The minimum Gasteiger partial charge on any atom is -0.508 e. The molecule has 0 saturated carbocycles. The van der Waals surface area contributed by atoms with Gasteiger partial charge in [-0.3, -0.25) is 0 Å². The Morgan fingerprint density at radius 1 is 1.42 bits per heavy atom. The average Bonchev–Trinajstić information content (AvgIpc) is 2.08. The first kappa shape index (κ1) is 8.85. The van der Waals surface area contributed by atoms with Crippen molar-refractivity contribution in [1.82, 2.24) is 0 Å². The van der Waals surface area contributed by atoms with Crippen molar-refractivity contribution in [3.05, 3.63) is 42.0 Å². The van der Waals surface area contributed by atoms with Gasteiger partial charge in [-0.05, 0) is 36.1 Å². The summed E-state index contributed by atoms with van der Waals surface area (Å²) in [6, 6.07) is 5.49. The number of benzene rings is 1. The van der Waals surface area contributed by atoms with Crippen LogP contribution in [0.15, 0.2) is 30.9 Å². The maximum atomic E-state index is 9.21. The summed E-state index contributed by atoms with van der Waals surface area (Å²) in [5.74, 6) is 0.347. The summed E-state index contributed by atoms with van der Waals surface area (Å²) < 4.78 is 0. The predicted octanol–water partition coefficient (Wildman–Crippen LogP) is 2.68. The molecule has 12 heavy (non-hydrogen) atoms. The van der Waals surface area contributed by atoms with Crippen molar-refractivity contribution in [3.63, 3.8) is 0 Å². The minimum atomic E-state index is 0.347. The van der Waals surface area contributed by atoms with Crippen LogP contribution in [0.1, 0.15) is 18.1 Å². The Hall–Kier alpha value is -1.24. The van der Waals surface area contributed by atoms with E-state index in [1.807, 2.05) is 18.2 Å². The summed E-state index contributed by atoms with van der Waals surface area (Å²) in [4.78, 5) is 0. The van der Waals surface area contributed by atoms with E-state index in [1.54, 1.807) is 6.07 Å². The van der Waals surface area contributed by atoms with Gasteiger partial charge in [-0.25, -0.2) is 0 Å². The number of allylic oxidation sites excluding steroid dienone is 1. The van der Waals surface area contributed by atoms with E-state index >= 15 is 0 Å². The van der Waals surface area contributed by atoms with Gasteiger partial charge < -0.3 is 5.11 Å². The van der Waals surface area contributed by atoms with E-state index in [-0.39, 0.29) is 0 Å². The summed E-state index contributed by atoms with van der Waals surface area (Å²) in [5, 5.41) is 9.21. The van der Waals surface area contributed by atoms with Crippen LogP contribution in [0.5, 0.6) is 5.75 Å². The van der Waals surface area contributed by atoms with Gasteiger partial charge in [0.2, 0.25) is 0 Å². The van der Waals surface area contributed by atoms with Crippen LogP contribution in [0.3, 0.4) is 0 Å². The molecule has 0 aromatic heterocycles. The van der Waals surface area contributed by atoms with Crippen LogP contribution in [0.25, 0.3) is 0 Å². The lowest BCUT2D eigenvalue weighted by molar-refractivity contribution is 0.474. The molecule has 64 valence electrons. The van der Waals surface area contributed by atoms with Gasteiger partial charge in [0, 0.05) is 0 Å². The maximum Gasteiger partial charge on any atom is 0.115 e. The van der Waals surface area contributed by atoms with Gasteiger partial charge in [-0.15, -0.1) is 6.58 Å². The highest BCUT2D eigenvalue weighted by molar-refractivity contribution is 5.35. The smallest absolute Gasteiger partial charge is 0.115 e. The summed E-state index contributed by atoms with van der Waals surface area (Å²) in [6.45, 7) is 5.78. The topological polar surface area (TPSA) is 20.2 Å². The third kappa shape index (κ3) is 1.88. The fourth-order valence-corrected chi connectivity index (χ4v) is 1.30. The zero-order valence-electron chi connectivity index (χ0n) is 7.38. The standard InChI is InChI=1S/C11H14O/c1-3-5-10-6-7-11(12)8-9(10)4-2/h3,6-8,12H,1,4-5H2,2H3. The molecule has 0 unspecified atom stereocenters. The van der Waals surface area contributed by atoms with Crippen molar-refractivity contribution in [2.24, 2.45) is 0 Å². The lowest BCUT2D eigenvalue weighted by atomic mass is 10.0. The van der Waals surface area contributed by atoms with Gasteiger partial charge in [0.15, 0.2) is 0 Å². The highest BCUT2D eigenvalue weighted by Gasteiger charge is 1.99. The van der Waals surface area contributed by atoms with Crippen LogP contribution in [0, 0.1) is 0 Å². The van der Waals surface area contributed by atoms with E-state index in [0.717, 1.165) is 12.8 Å². The molecule has 0 radical (unpaired) electrons. The first-order valence-corrected chi connectivity index (χ1v) is 4.19. The van der Waals surface area contributed by atoms with E-state index in [9.17, 15) is 5.11 Å². The molecule has 1 aromatic carbocycles. The highest BCUT2D eigenvalue weighted by Crippen LogP contribution is 2.17. The van der Waals surface area contributed by atoms with Gasteiger partial charge in [-0.1, -0.05) is 19.1 Å². The monoisotopic (exact) mass is 162 g/mol. The molecule has 1 rings (SSSR count). The molecule has 0 atom stereocenters. The Morgan fingerprint density at radius 3 is 2.75 bits per heavy atom. The second kappa shape index (κ2) is 3.96. The Kier molecular flexibility index (Phi) is 2.92. The fourth-order valence-electron chi connectivity index (χ4n) is 1.30. The summed E-state index contributed by atoms with van der Waals surface area (Å²) in [5.41, 5.74) is 2.46. The van der Waals surface area contributed by atoms with Crippen molar-refractivity contribution < 1.29 is 5.11 Å². The molecular formula is C11H14O. The van der Waals surface area contributed by atoms with Crippen molar-refractivity contribution in [3.8, 4) is 5.75 Å². The molecule has 0 saturated heterocycles. The number of aryl methyl sites for hydroxylation is 1.